The van der Waals surface area contributed by atoms with Crippen molar-refractivity contribution in [1.29, 1.82) is 0 Å². The molecule has 1 aromatic carbocycles. The molecular formula is C18H32N2. The zero-order chi connectivity index (χ0) is 15.0. The van der Waals surface area contributed by atoms with E-state index >= 15 is 0 Å². The summed E-state index contributed by atoms with van der Waals surface area (Å²) in [4.78, 5) is 2.56. The molecule has 1 aromatic rings. The van der Waals surface area contributed by atoms with Gasteiger partial charge in [-0.3, -0.25) is 4.90 Å². The van der Waals surface area contributed by atoms with Gasteiger partial charge in [-0.2, -0.15) is 0 Å². The molecule has 0 saturated heterocycles. The molecular weight excluding hydrogens is 244 g/mol. The molecule has 0 fully saturated rings. The lowest BCUT2D eigenvalue weighted by Gasteiger charge is -2.27. The summed E-state index contributed by atoms with van der Waals surface area (Å²) in [6.07, 6.45) is 2.33. The summed E-state index contributed by atoms with van der Waals surface area (Å²) in [7, 11) is 0. The van der Waals surface area contributed by atoms with E-state index in [1.165, 1.54) is 24.1 Å². The molecule has 1 rings (SSSR count). The fourth-order valence-corrected chi connectivity index (χ4v) is 2.48. The number of nitrogens with one attached hydrogen (secondary N) is 1. The third kappa shape index (κ3) is 6.06. The van der Waals surface area contributed by atoms with Gasteiger partial charge in [0.1, 0.15) is 0 Å². The Bertz CT molecular complexity index is 371. The number of benzene rings is 1. The molecule has 0 aliphatic heterocycles. The standard InChI is InChI=1S/C18H32N2/c1-6-13-20(16(4)5)14-18-10-8-7-9-17(18)11-12-19-15(2)3/h7-10,15-16,19H,6,11-14H2,1-5H3. The summed E-state index contributed by atoms with van der Waals surface area (Å²) < 4.78 is 0. The zero-order valence-corrected chi connectivity index (χ0v) is 13.9. The van der Waals surface area contributed by atoms with Crippen LogP contribution in [0.2, 0.25) is 0 Å². The van der Waals surface area contributed by atoms with Gasteiger partial charge in [-0.05, 0) is 50.9 Å². The molecule has 1 N–H and O–H groups in total. The highest BCUT2D eigenvalue weighted by atomic mass is 15.1. The van der Waals surface area contributed by atoms with Gasteiger partial charge in [0.15, 0.2) is 0 Å². The molecule has 2 heteroatoms. The second-order valence-electron chi connectivity index (χ2n) is 6.19. The Morgan fingerprint density at radius 1 is 1.05 bits per heavy atom. The molecule has 0 amide bonds. The van der Waals surface area contributed by atoms with Gasteiger partial charge < -0.3 is 5.32 Å². The van der Waals surface area contributed by atoms with Crippen LogP contribution in [0.25, 0.3) is 0 Å². The van der Waals surface area contributed by atoms with Crippen molar-refractivity contribution in [3.8, 4) is 0 Å². The Morgan fingerprint density at radius 3 is 2.25 bits per heavy atom. The second-order valence-corrected chi connectivity index (χ2v) is 6.19. The Hall–Kier alpha value is -0.860. The molecule has 2 nitrogen and oxygen atoms in total. The van der Waals surface area contributed by atoms with E-state index in [0.29, 0.717) is 12.1 Å². The van der Waals surface area contributed by atoms with E-state index in [4.69, 9.17) is 0 Å². The molecule has 0 aromatic heterocycles. The van der Waals surface area contributed by atoms with Crippen LogP contribution in [0.4, 0.5) is 0 Å². The van der Waals surface area contributed by atoms with E-state index in [1.54, 1.807) is 0 Å². The van der Waals surface area contributed by atoms with Crippen molar-refractivity contribution in [2.24, 2.45) is 0 Å². The number of rotatable bonds is 9. The highest BCUT2D eigenvalue weighted by Crippen LogP contribution is 2.14. The summed E-state index contributed by atoms with van der Waals surface area (Å²) in [5.74, 6) is 0. The summed E-state index contributed by atoms with van der Waals surface area (Å²) in [5, 5.41) is 3.51. The van der Waals surface area contributed by atoms with E-state index < -0.39 is 0 Å². The average Bonchev–Trinajstić information content (AvgIpc) is 2.39. The molecule has 0 bridgehead atoms. The maximum atomic E-state index is 3.51. The highest BCUT2D eigenvalue weighted by Gasteiger charge is 2.11. The largest absolute Gasteiger partial charge is 0.314 e. The first-order chi connectivity index (χ1) is 9.54. The fourth-order valence-electron chi connectivity index (χ4n) is 2.48. The third-order valence-electron chi connectivity index (χ3n) is 3.68. The van der Waals surface area contributed by atoms with Gasteiger partial charge >= 0.3 is 0 Å². The van der Waals surface area contributed by atoms with Crippen LogP contribution in [-0.4, -0.2) is 30.1 Å². The van der Waals surface area contributed by atoms with Crippen molar-refractivity contribution < 1.29 is 0 Å². The molecule has 114 valence electrons. The Kier molecular flexibility index (Phi) is 7.86. The van der Waals surface area contributed by atoms with E-state index in [9.17, 15) is 0 Å². The van der Waals surface area contributed by atoms with Crippen LogP contribution < -0.4 is 5.32 Å². The van der Waals surface area contributed by atoms with Gasteiger partial charge in [0.05, 0.1) is 0 Å². The minimum atomic E-state index is 0.564. The molecule has 0 aliphatic rings. The van der Waals surface area contributed by atoms with Gasteiger partial charge in [-0.15, -0.1) is 0 Å². The molecule has 0 radical (unpaired) electrons. The van der Waals surface area contributed by atoms with Gasteiger partial charge in [-0.25, -0.2) is 0 Å². The zero-order valence-electron chi connectivity index (χ0n) is 13.9. The Labute approximate surface area is 125 Å². The second kappa shape index (κ2) is 9.15. The van der Waals surface area contributed by atoms with Gasteiger partial charge in [0.25, 0.3) is 0 Å². The van der Waals surface area contributed by atoms with Crippen molar-refractivity contribution in [1.82, 2.24) is 10.2 Å². The maximum absolute atomic E-state index is 3.51. The van der Waals surface area contributed by atoms with Crippen molar-refractivity contribution in [2.75, 3.05) is 13.1 Å². The van der Waals surface area contributed by atoms with Crippen LogP contribution in [0.3, 0.4) is 0 Å². The maximum Gasteiger partial charge on any atom is 0.0239 e. The average molecular weight is 276 g/mol. The minimum Gasteiger partial charge on any atom is -0.314 e. The van der Waals surface area contributed by atoms with E-state index in [0.717, 1.165) is 19.5 Å². The third-order valence-corrected chi connectivity index (χ3v) is 3.68. The lowest BCUT2D eigenvalue weighted by molar-refractivity contribution is 0.212. The van der Waals surface area contributed by atoms with E-state index in [-0.39, 0.29) is 0 Å². The number of nitrogens with zero attached hydrogens (tertiary/aromatic N) is 1. The van der Waals surface area contributed by atoms with Gasteiger partial charge in [-0.1, -0.05) is 45.0 Å². The van der Waals surface area contributed by atoms with Crippen molar-refractivity contribution in [3.63, 3.8) is 0 Å². The normalized spacial score (nSPS) is 11.8. The van der Waals surface area contributed by atoms with Gasteiger partial charge in [0, 0.05) is 18.6 Å². The van der Waals surface area contributed by atoms with Crippen LogP contribution in [0, 0.1) is 0 Å². The molecule has 20 heavy (non-hydrogen) atoms. The quantitative estimate of drug-likeness (QED) is 0.737. The molecule has 0 aliphatic carbocycles. The predicted molar refractivity (Wildman–Crippen MR) is 89.1 cm³/mol. The van der Waals surface area contributed by atoms with Crippen LogP contribution in [0.5, 0.6) is 0 Å². The van der Waals surface area contributed by atoms with Crippen LogP contribution in [0.15, 0.2) is 24.3 Å². The van der Waals surface area contributed by atoms with Crippen molar-refractivity contribution >= 4 is 0 Å². The Balaban J connectivity index is 2.68. The summed E-state index contributed by atoms with van der Waals surface area (Å²) in [5.41, 5.74) is 2.97. The molecule has 0 spiro atoms. The number of hydrogen-bond donors (Lipinski definition) is 1. The molecule has 0 unspecified atom stereocenters. The lowest BCUT2D eigenvalue weighted by Crippen LogP contribution is -2.31. The van der Waals surface area contributed by atoms with Crippen LogP contribution >= 0.6 is 0 Å². The lowest BCUT2D eigenvalue weighted by atomic mass is 10.0. The van der Waals surface area contributed by atoms with E-state index in [2.05, 4.69) is 69.1 Å². The van der Waals surface area contributed by atoms with Crippen molar-refractivity contribution in [3.05, 3.63) is 35.4 Å². The summed E-state index contributed by atoms with van der Waals surface area (Å²) in [6, 6.07) is 10.1. The van der Waals surface area contributed by atoms with Gasteiger partial charge in [0.2, 0.25) is 0 Å². The van der Waals surface area contributed by atoms with E-state index in [1.807, 2.05) is 0 Å². The smallest absolute Gasteiger partial charge is 0.0239 e. The Morgan fingerprint density at radius 2 is 1.70 bits per heavy atom. The SMILES string of the molecule is CCCN(Cc1ccccc1CCNC(C)C)C(C)C. The minimum absolute atomic E-state index is 0.564. The summed E-state index contributed by atoms with van der Waals surface area (Å²) >= 11 is 0. The number of hydrogen-bond acceptors (Lipinski definition) is 2. The van der Waals surface area contributed by atoms with Crippen LogP contribution in [-0.2, 0) is 13.0 Å². The molecule has 0 saturated carbocycles. The van der Waals surface area contributed by atoms with Crippen LogP contribution in [0.1, 0.15) is 52.2 Å². The van der Waals surface area contributed by atoms with Crippen molar-refractivity contribution in [2.45, 2.75) is 66.1 Å². The fraction of sp³-hybridized carbons (Fsp3) is 0.667. The predicted octanol–water partition coefficient (Wildman–Crippen LogP) is 3.85. The topological polar surface area (TPSA) is 15.3 Å². The first-order valence-corrected chi connectivity index (χ1v) is 8.08. The monoisotopic (exact) mass is 276 g/mol. The first-order valence-electron chi connectivity index (χ1n) is 8.08. The molecule has 0 atom stereocenters. The first kappa shape index (κ1) is 17.2. The summed E-state index contributed by atoms with van der Waals surface area (Å²) in [6.45, 7) is 14.6. The highest BCUT2D eigenvalue weighted by molar-refractivity contribution is 5.27. The molecule has 0 heterocycles.